The fourth-order valence-electron chi connectivity index (χ4n) is 5.14. The summed E-state index contributed by atoms with van der Waals surface area (Å²) in [6.45, 7) is 7.68. The van der Waals surface area contributed by atoms with Gasteiger partial charge in [-0.25, -0.2) is 8.42 Å². The maximum atomic E-state index is 14.6. The predicted molar refractivity (Wildman–Crippen MR) is 182 cm³/mol. The van der Waals surface area contributed by atoms with Gasteiger partial charge in [0, 0.05) is 19.5 Å². The Kier molecular flexibility index (Phi) is 11.6. The lowest BCUT2D eigenvalue weighted by atomic mass is 10.0. The maximum absolute atomic E-state index is 14.6. The fraction of sp³-hybridized carbons (Fsp3) is 0.297. The Bertz CT molecular complexity index is 1720. The third-order valence-electron chi connectivity index (χ3n) is 7.71. The number of aryl methyl sites for hydroxylation is 2. The molecule has 4 rings (SSSR count). The Labute approximate surface area is 273 Å². The SMILES string of the molecule is COc1cccc(CN(C(=O)CN(c2ccccc2C)S(=O)(=O)c2ccc(C)cc2)[C@@H](Cc2ccccc2)C(=O)NCC(C)C)c1. The highest BCUT2D eigenvalue weighted by atomic mass is 32.2. The lowest BCUT2D eigenvalue weighted by molar-refractivity contribution is -0.140. The molecule has 1 N–H and O–H groups in total. The average Bonchev–Trinajstić information content (AvgIpc) is 3.05. The number of methoxy groups -OCH3 is 1. The Morgan fingerprint density at radius 2 is 1.48 bits per heavy atom. The summed E-state index contributed by atoms with van der Waals surface area (Å²) in [6.07, 6.45) is 0.246. The zero-order valence-corrected chi connectivity index (χ0v) is 28.0. The summed E-state index contributed by atoms with van der Waals surface area (Å²) in [5, 5.41) is 3.01. The van der Waals surface area contributed by atoms with Gasteiger partial charge in [-0.2, -0.15) is 0 Å². The first-order chi connectivity index (χ1) is 22.0. The summed E-state index contributed by atoms with van der Waals surface area (Å²) < 4.78 is 35.0. The minimum Gasteiger partial charge on any atom is -0.497 e. The lowest BCUT2D eigenvalue weighted by Gasteiger charge is -2.34. The smallest absolute Gasteiger partial charge is 0.264 e. The van der Waals surface area contributed by atoms with Crippen molar-refractivity contribution in [2.24, 2.45) is 5.92 Å². The Balaban J connectivity index is 1.82. The molecule has 242 valence electrons. The summed E-state index contributed by atoms with van der Waals surface area (Å²) in [5.74, 6) is -0.0164. The van der Waals surface area contributed by atoms with Crippen molar-refractivity contribution in [1.29, 1.82) is 0 Å². The highest BCUT2D eigenvalue weighted by molar-refractivity contribution is 7.92. The number of para-hydroxylation sites is 1. The number of rotatable bonds is 14. The van der Waals surface area contributed by atoms with Gasteiger partial charge in [-0.1, -0.05) is 92.2 Å². The van der Waals surface area contributed by atoms with E-state index < -0.39 is 28.5 Å². The van der Waals surface area contributed by atoms with E-state index in [-0.39, 0.29) is 29.7 Å². The van der Waals surface area contributed by atoms with Gasteiger partial charge in [0.25, 0.3) is 10.0 Å². The van der Waals surface area contributed by atoms with Crippen LogP contribution in [0.3, 0.4) is 0 Å². The monoisotopic (exact) mass is 641 g/mol. The van der Waals surface area contributed by atoms with Gasteiger partial charge < -0.3 is 15.0 Å². The molecule has 0 radical (unpaired) electrons. The molecule has 0 aliphatic heterocycles. The molecule has 0 unspecified atom stereocenters. The Morgan fingerprint density at radius 3 is 2.13 bits per heavy atom. The lowest BCUT2D eigenvalue weighted by Crippen LogP contribution is -2.53. The summed E-state index contributed by atoms with van der Waals surface area (Å²) in [6, 6.07) is 29.5. The van der Waals surface area contributed by atoms with E-state index in [0.717, 1.165) is 21.0 Å². The summed E-state index contributed by atoms with van der Waals surface area (Å²) >= 11 is 0. The minimum atomic E-state index is -4.17. The van der Waals surface area contributed by atoms with Crippen LogP contribution in [0.5, 0.6) is 5.75 Å². The van der Waals surface area contributed by atoms with Crippen molar-refractivity contribution >= 4 is 27.5 Å². The standard InChI is InChI=1S/C37H43N3O5S/c1-27(2)24-38-37(42)35(23-30-13-7-6-8-14-30)39(25-31-15-11-16-32(22-31)45-5)36(41)26-40(34-17-10-9-12-29(34)4)46(43,44)33-20-18-28(3)19-21-33/h6-22,27,35H,23-26H2,1-5H3,(H,38,42)/t35-/m0/s1. The van der Waals surface area contributed by atoms with Crippen LogP contribution in [0, 0.1) is 19.8 Å². The largest absolute Gasteiger partial charge is 0.497 e. The van der Waals surface area contributed by atoms with Crippen molar-refractivity contribution in [1.82, 2.24) is 10.2 Å². The first-order valence-corrected chi connectivity index (χ1v) is 16.8. The first kappa shape index (κ1) is 34.2. The molecule has 0 heterocycles. The number of amides is 2. The van der Waals surface area contributed by atoms with Crippen LogP contribution in [0.4, 0.5) is 5.69 Å². The van der Waals surface area contributed by atoms with Crippen molar-refractivity contribution in [2.75, 3.05) is 24.5 Å². The summed E-state index contributed by atoms with van der Waals surface area (Å²) in [5.41, 5.74) is 3.62. The topological polar surface area (TPSA) is 96.0 Å². The molecule has 0 aliphatic rings. The highest BCUT2D eigenvalue weighted by Gasteiger charge is 2.35. The normalized spacial score (nSPS) is 12.0. The second kappa shape index (κ2) is 15.6. The number of anilines is 1. The number of hydrogen-bond donors (Lipinski definition) is 1. The molecule has 0 aromatic heterocycles. The van der Waals surface area contributed by atoms with Crippen LogP contribution in [-0.2, 0) is 32.6 Å². The Hall–Kier alpha value is -4.63. The predicted octanol–water partition coefficient (Wildman–Crippen LogP) is 5.92. The molecule has 1 atom stereocenters. The van der Waals surface area contributed by atoms with Crippen molar-refractivity contribution < 1.29 is 22.7 Å². The van der Waals surface area contributed by atoms with Crippen LogP contribution in [-0.4, -0.2) is 51.4 Å². The molecule has 0 fully saturated rings. The number of nitrogens with zero attached hydrogens (tertiary/aromatic N) is 2. The molecule has 46 heavy (non-hydrogen) atoms. The van der Waals surface area contributed by atoms with Gasteiger partial charge in [0.1, 0.15) is 18.3 Å². The van der Waals surface area contributed by atoms with Gasteiger partial charge in [-0.3, -0.25) is 13.9 Å². The van der Waals surface area contributed by atoms with Crippen LogP contribution >= 0.6 is 0 Å². The summed E-state index contributed by atoms with van der Waals surface area (Å²) in [7, 11) is -2.60. The minimum absolute atomic E-state index is 0.0643. The molecule has 0 aliphatic carbocycles. The zero-order chi connectivity index (χ0) is 33.3. The second-order valence-electron chi connectivity index (χ2n) is 11.8. The van der Waals surface area contributed by atoms with Crippen LogP contribution in [0.15, 0.2) is 108 Å². The van der Waals surface area contributed by atoms with Crippen LogP contribution < -0.4 is 14.4 Å². The quantitative estimate of drug-likeness (QED) is 0.185. The van der Waals surface area contributed by atoms with Gasteiger partial charge in [-0.15, -0.1) is 0 Å². The van der Waals surface area contributed by atoms with Gasteiger partial charge >= 0.3 is 0 Å². The van der Waals surface area contributed by atoms with E-state index >= 15 is 0 Å². The molecule has 0 bridgehead atoms. The maximum Gasteiger partial charge on any atom is 0.264 e. The number of sulfonamides is 1. The molecule has 2 amide bonds. The van der Waals surface area contributed by atoms with Gasteiger partial charge in [0.15, 0.2) is 0 Å². The second-order valence-corrected chi connectivity index (χ2v) is 13.7. The van der Waals surface area contributed by atoms with Gasteiger partial charge in [-0.05, 0) is 66.8 Å². The molecule has 0 spiro atoms. The number of ether oxygens (including phenoxy) is 1. The molecule has 4 aromatic rings. The average molecular weight is 642 g/mol. The number of carbonyl (C=O) groups excluding carboxylic acids is 2. The zero-order valence-electron chi connectivity index (χ0n) is 27.1. The van der Waals surface area contributed by atoms with E-state index in [9.17, 15) is 18.0 Å². The van der Waals surface area contributed by atoms with Crippen molar-refractivity contribution in [3.63, 3.8) is 0 Å². The Morgan fingerprint density at radius 1 is 0.826 bits per heavy atom. The van der Waals surface area contributed by atoms with E-state index in [0.29, 0.717) is 23.5 Å². The van der Waals surface area contributed by atoms with Crippen LogP contribution in [0.1, 0.15) is 36.1 Å². The van der Waals surface area contributed by atoms with E-state index in [1.807, 2.05) is 88.4 Å². The van der Waals surface area contributed by atoms with Gasteiger partial charge in [0.05, 0.1) is 17.7 Å². The molecule has 9 heteroatoms. The number of hydrogen-bond acceptors (Lipinski definition) is 5. The van der Waals surface area contributed by atoms with Crippen LogP contribution in [0.25, 0.3) is 0 Å². The molecule has 0 saturated heterocycles. The van der Waals surface area contributed by atoms with Gasteiger partial charge in [0.2, 0.25) is 11.8 Å². The first-order valence-electron chi connectivity index (χ1n) is 15.4. The van der Waals surface area contributed by atoms with E-state index in [4.69, 9.17) is 4.74 Å². The van der Waals surface area contributed by atoms with E-state index in [1.54, 1.807) is 49.6 Å². The number of carbonyl (C=O) groups is 2. The van der Waals surface area contributed by atoms with Crippen molar-refractivity contribution in [2.45, 2.75) is 51.6 Å². The van der Waals surface area contributed by atoms with Crippen molar-refractivity contribution in [3.8, 4) is 5.75 Å². The van der Waals surface area contributed by atoms with E-state index in [1.165, 1.54) is 4.90 Å². The van der Waals surface area contributed by atoms with Crippen molar-refractivity contribution in [3.05, 3.63) is 125 Å². The van der Waals surface area contributed by atoms with E-state index in [2.05, 4.69) is 5.32 Å². The third-order valence-corrected chi connectivity index (χ3v) is 9.49. The number of nitrogens with one attached hydrogen (secondary N) is 1. The highest BCUT2D eigenvalue weighted by Crippen LogP contribution is 2.28. The van der Waals surface area contributed by atoms with Crippen LogP contribution in [0.2, 0.25) is 0 Å². The third kappa shape index (κ3) is 8.75. The molecular weight excluding hydrogens is 598 g/mol. The molecule has 8 nitrogen and oxygen atoms in total. The molecular formula is C37H43N3O5S. The number of benzene rings is 4. The fourth-order valence-corrected chi connectivity index (χ4v) is 6.62. The molecule has 4 aromatic carbocycles. The summed E-state index contributed by atoms with van der Waals surface area (Å²) in [4.78, 5) is 30.1. The molecule has 0 saturated carbocycles.